The van der Waals surface area contributed by atoms with Crippen LogP contribution in [0.4, 0.5) is 0 Å². The molecule has 1 aliphatic rings. The zero-order chi connectivity index (χ0) is 12.7. The molecule has 1 rings (SSSR count). The fourth-order valence-electron chi connectivity index (χ4n) is 1.76. The number of carbonyl (C=O) groups is 2. The number of hydrogen-bond acceptors (Lipinski definition) is 4. The van der Waals surface area contributed by atoms with Gasteiger partial charge in [-0.05, 0) is 30.3 Å². The first-order valence-corrected chi connectivity index (χ1v) is 7.00. The molecule has 1 heterocycles. The molecular weight excluding hydrogens is 242 g/mol. The molecule has 0 saturated carbocycles. The zero-order valence-electron chi connectivity index (χ0n) is 9.72. The molecule has 6 heteroatoms. The Labute approximate surface area is 105 Å². The van der Waals surface area contributed by atoms with Crippen LogP contribution in [-0.2, 0) is 9.59 Å². The molecule has 0 bridgehead atoms. The van der Waals surface area contributed by atoms with Crippen LogP contribution in [0.25, 0.3) is 0 Å². The molecule has 0 aromatic rings. The third-order valence-electron chi connectivity index (χ3n) is 2.84. The minimum Gasteiger partial charge on any atom is -0.479 e. The maximum absolute atomic E-state index is 11.5. The number of aliphatic hydroxyl groups is 1. The summed E-state index contributed by atoms with van der Waals surface area (Å²) in [6.07, 6.45) is 1.35. The molecule has 1 saturated heterocycles. The third kappa shape index (κ3) is 5.93. The molecule has 0 radical (unpaired) electrons. The van der Waals surface area contributed by atoms with Crippen molar-refractivity contribution in [3.8, 4) is 0 Å². The van der Waals surface area contributed by atoms with E-state index >= 15 is 0 Å². The third-order valence-corrected chi connectivity index (χ3v) is 3.89. The molecule has 5 nitrogen and oxygen atoms in total. The zero-order valence-corrected chi connectivity index (χ0v) is 10.5. The van der Waals surface area contributed by atoms with Gasteiger partial charge in [0, 0.05) is 19.4 Å². The number of nitrogens with one attached hydrogen (secondary N) is 1. The van der Waals surface area contributed by atoms with Gasteiger partial charge in [-0.15, -0.1) is 0 Å². The highest BCUT2D eigenvalue weighted by Crippen LogP contribution is 2.24. The van der Waals surface area contributed by atoms with Crippen molar-refractivity contribution in [2.45, 2.75) is 31.8 Å². The van der Waals surface area contributed by atoms with Crippen molar-refractivity contribution in [3.05, 3.63) is 0 Å². The molecule has 17 heavy (non-hydrogen) atoms. The van der Waals surface area contributed by atoms with Gasteiger partial charge in [-0.2, -0.15) is 11.8 Å². The van der Waals surface area contributed by atoms with E-state index in [1.54, 1.807) is 0 Å². The SMILES string of the molecule is O=C(CC1CCSCC1)NCC[C@H](O)C(=O)O. The summed E-state index contributed by atoms with van der Waals surface area (Å²) in [5.74, 6) is 1.41. The van der Waals surface area contributed by atoms with Crippen LogP contribution in [0, 0.1) is 5.92 Å². The summed E-state index contributed by atoms with van der Waals surface area (Å²) in [5, 5.41) is 20.1. The van der Waals surface area contributed by atoms with E-state index in [4.69, 9.17) is 10.2 Å². The predicted molar refractivity (Wildman–Crippen MR) is 65.9 cm³/mol. The van der Waals surface area contributed by atoms with E-state index in [-0.39, 0.29) is 18.9 Å². The Kier molecular flexibility index (Phi) is 6.36. The average Bonchev–Trinajstić information content (AvgIpc) is 2.30. The minimum atomic E-state index is -1.39. The smallest absolute Gasteiger partial charge is 0.332 e. The second-order valence-electron chi connectivity index (χ2n) is 4.25. The number of hydrogen-bond donors (Lipinski definition) is 3. The van der Waals surface area contributed by atoms with Gasteiger partial charge < -0.3 is 15.5 Å². The van der Waals surface area contributed by atoms with Crippen molar-refractivity contribution in [2.75, 3.05) is 18.1 Å². The highest BCUT2D eigenvalue weighted by molar-refractivity contribution is 7.99. The lowest BCUT2D eigenvalue weighted by Gasteiger charge is -2.20. The fourth-order valence-corrected chi connectivity index (χ4v) is 2.96. The first kappa shape index (κ1) is 14.3. The summed E-state index contributed by atoms with van der Waals surface area (Å²) in [7, 11) is 0. The van der Waals surface area contributed by atoms with Crippen molar-refractivity contribution in [1.29, 1.82) is 0 Å². The lowest BCUT2D eigenvalue weighted by molar-refractivity contribution is -0.147. The van der Waals surface area contributed by atoms with Crippen molar-refractivity contribution in [1.82, 2.24) is 5.32 Å². The van der Waals surface area contributed by atoms with Gasteiger partial charge in [0.25, 0.3) is 0 Å². The van der Waals surface area contributed by atoms with Crippen LogP contribution in [0.15, 0.2) is 0 Å². The van der Waals surface area contributed by atoms with Crippen LogP contribution in [0.5, 0.6) is 0 Å². The second kappa shape index (κ2) is 7.55. The van der Waals surface area contributed by atoms with Crippen LogP contribution in [0.1, 0.15) is 25.7 Å². The quantitative estimate of drug-likeness (QED) is 0.647. The Morgan fingerprint density at radius 2 is 2.00 bits per heavy atom. The van der Waals surface area contributed by atoms with Gasteiger partial charge in [-0.25, -0.2) is 4.79 Å². The molecule has 1 atom stereocenters. The van der Waals surface area contributed by atoms with E-state index in [9.17, 15) is 9.59 Å². The molecule has 0 spiro atoms. The molecular formula is C11H19NO4S. The van der Waals surface area contributed by atoms with E-state index in [0.29, 0.717) is 12.3 Å². The Balaban J connectivity index is 2.10. The molecule has 1 amide bonds. The number of aliphatic carboxylic acids is 1. The number of carboxylic acid groups (broad SMARTS) is 1. The molecule has 1 fully saturated rings. The second-order valence-corrected chi connectivity index (χ2v) is 5.48. The van der Waals surface area contributed by atoms with Crippen LogP contribution in [0.3, 0.4) is 0 Å². The molecule has 0 aliphatic carbocycles. The monoisotopic (exact) mass is 261 g/mol. The van der Waals surface area contributed by atoms with Gasteiger partial charge in [0.15, 0.2) is 6.10 Å². The lowest BCUT2D eigenvalue weighted by Crippen LogP contribution is -2.31. The highest BCUT2D eigenvalue weighted by atomic mass is 32.2. The topological polar surface area (TPSA) is 86.6 Å². The van der Waals surface area contributed by atoms with Crippen LogP contribution >= 0.6 is 11.8 Å². The largest absolute Gasteiger partial charge is 0.479 e. The Morgan fingerprint density at radius 3 is 2.59 bits per heavy atom. The number of carbonyl (C=O) groups excluding carboxylic acids is 1. The van der Waals surface area contributed by atoms with Gasteiger partial charge in [0.1, 0.15) is 0 Å². The highest BCUT2D eigenvalue weighted by Gasteiger charge is 2.18. The molecule has 98 valence electrons. The number of thioether (sulfide) groups is 1. The number of amides is 1. The van der Waals surface area contributed by atoms with Gasteiger partial charge in [-0.3, -0.25) is 4.79 Å². The first-order valence-electron chi connectivity index (χ1n) is 5.85. The Morgan fingerprint density at radius 1 is 1.35 bits per heavy atom. The molecule has 0 unspecified atom stereocenters. The van der Waals surface area contributed by atoms with Crippen LogP contribution in [0.2, 0.25) is 0 Å². The predicted octanol–water partition coefficient (Wildman–Crippen LogP) is 0.471. The maximum atomic E-state index is 11.5. The number of rotatable bonds is 6. The fraction of sp³-hybridized carbons (Fsp3) is 0.818. The molecule has 0 aromatic carbocycles. The summed E-state index contributed by atoms with van der Waals surface area (Å²) >= 11 is 1.92. The standard InChI is InChI=1S/C11H19NO4S/c13-9(11(15)16)1-4-12-10(14)7-8-2-5-17-6-3-8/h8-9,13H,1-7H2,(H,12,14)(H,15,16)/t9-/m0/s1. The lowest BCUT2D eigenvalue weighted by atomic mass is 9.98. The number of aliphatic hydroxyl groups excluding tert-OH is 1. The Hall–Kier alpha value is -0.750. The summed E-state index contributed by atoms with van der Waals surface area (Å²) in [5.41, 5.74) is 0. The van der Waals surface area contributed by atoms with Gasteiger partial charge in [0.2, 0.25) is 5.91 Å². The average molecular weight is 261 g/mol. The maximum Gasteiger partial charge on any atom is 0.332 e. The van der Waals surface area contributed by atoms with Crippen LogP contribution < -0.4 is 5.32 Å². The normalized spacial score (nSPS) is 18.6. The molecule has 3 N–H and O–H groups in total. The summed E-state index contributed by atoms with van der Waals surface area (Å²) in [6, 6.07) is 0. The van der Waals surface area contributed by atoms with Crippen molar-refractivity contribution >= 4 is 23.6 Å². The van der Waals surface area contributed by atoms with E-state index in [1.165, 1.54) is 0 Å². The van der Waals surface area contributed by atoms with E-state index in [0.717, 1.165) is 24.3 Å². The first-order chi connectivity index (χ1) is 8.09. The summed E-state index contributed by atoms with van der Waals surface area (Å²) < 4.78 is 0. The van der Waals surface area contributed by atoms with E-state index in [1.807, 2.05) is 11.8 Å². The van der Waals surface area contributed by atoms with Crippen molar-refractivity contribution in [3.63, 3.8) is 0 Å². The van der Waals surface area contributed by atoms with E-state index in [2.05, 4.69) is 5.32 Å². The van der Waals surface area contributed by atoms with E-state index < -0.39 is 12.1 Å². The van der Waals surface area contributed by atoms with Crippen molar-refractivity contribution < 1.29 is 19.8 Å². The van der Waals surface area contributed by atoms with Gasteiger partial charge in [-0.1, -0.05) is 0 Å². The summed E-state index contributed by atoms with van der Waals surface area (Å²) in [6.45, 7) is 0.216. The molecule has 1 aliphatic heterocycles. The molecule has 0 aromatic heterocycles. The number of carboxylic acids is 1. The van der Waals surface area contributed by atoms with Crippen LogP contribution in [-0.4, -0.2) is 46.2 Å². The summed E-state index contributed by atoms with van der Waals surface area (Å²) in [4.78, 5) is 21.8. The van der Waals surface area contributed by atoms with Gasteiger partial charge in [0.05, 0.1) is 0 Å². The Bertz CT molecular complexity index is 266. The minimum absolute atomic E-state index is 0.0421. The van der Waals surface area contributed by atoms with Gasteiger partial charge >= 0.3 is 5.97 Å². The van der Waals surface area contributed by atoms with Crippen molar-refractivity contribution in [2.24, 2.45) is 5.92 Å².